The quantitative estimate of drug-likeness (QED) is 0.340. The van der Waals surface area contributed by atoms with Crippen LogP contribution >= 0.6 is 0 Å². The first-order valence-electron chi connectivity index (χ1n) is 3.42. The SMILES string of the molecule is O=C1[C@@H](CO)O[C@H](O)[C@@H](O)[C@H]1O. The first-order chi connectivity index (χ1) is 5.57. The molecular weight excluding hydrogens is 168 g/mol. The zero-order chi connectivity index (χ0) is 9.30. The summed E-state index contributed by atoms with van der Waals surface area (Å²) >= 11 is 0. The van der Waals surface area contributed by atoms with Crippen LogP contribution in [0.5, 0.6) is 0 Å². The van der Waals surface area contributed by atoms with Crippen LogP contribution in [-0.4, -0.2) is 57.4 Å². The lowest BCUT2D eigenvalue weighted by molar-refractivity contribution is -0.239. The summed E-state index contributed by atoms with van der Waals surface area (Å²) in [6.07, 6.45) is -6.21. The Balaban J connectivity index is 2.70. The maximum atomic E-state index is 10.9. The molecule has 1 saturated heterocycles. The van der Waals surface area contributed by atoms with E-state index in [2.05, 4.69) is 4.74 Å². The Bertz CT molecular complexity index is 177. The van der Waals surface area contributed by atoms with Gasteiger partial charge in [-0.2, -0.15) is 0 Å². The lowest BCUT2D eigenvalue weighted by atomic mass is 10.0. The number of aliphatic hydroxyl groups excluding tert-OH is 4. The zero-order valence-corrected chi connectivity index (χ0v) is 6.12. The van der Waals surface area contributed by atoms with E-state index in [0.717, 1.165) is 0 Å². The van der Waals surface area contributed by atoms with E-state index in [1.54, 1.807) is 0 Å². The number of hydrogen-bond acceptors (Lipinski definition) is 6. The number of Topliss-reactive ketones (excluding diaryl/α,β-unsaturated/α-hetero) is 1. The van der Waals surface area contributed by atoms with Gasteiger partial charge in [0.25, 0.3) is 0 Å². The van der Waals surface area contributed by atoms with Gasteiger partial charge in [-0.15, -0.1) is 0 Å². The molecule has 0 aliphatic carbocycles. The molecule has 0 aromatic heterocycles. The summed E-state index contributed by atoms with van der Waals surface area (Å²) in [5.41, 5.74) is 0. The van der Waals surface area contributed by atoms with Gasteiger partial charge in [-0.25, -0.2) is 0 Å². The van der Waals surface area contributed by atoms with Crippen LogP contribution in [0.2, 0.25) is 0 Å². The third kappa shape index (κ3) is 1.47. The number of carbonyl (C=O) groups excluding carboxylic acids is 1. The van der Waals surface area contributed by atoms with Crippen molar-refractivity contribution >= 4 is 5.78 Å². The van der Waals surface area contributed by atoms with E-state index in [4.69, 9.17) is 20.4 Å². The van der Waals surface area contributed by atoms with Crippen LogP contribution in [0.25, 0.3) is 0 Å². The molecule has 6 heteroatoms. The van der Waals surface area contributed by atoms with Crippen molar-refractivity contribution in [2.45, 2.75) is 24.6 Å². The molecule has 70 valence electrons. The molecule has 0 aromatic rings. The van der Waals surface area contributed by atoms with E-state index >= 15 is 0 Å². The second-order valence-corrected chi connectivity index (χ2v) is 2.54. The standard InChI is InChI=1S/C6H10O6/c7-1-2-3(8)4(9)5(10)6(11)12-2/h2,4-7,9-11H,1H2/t2-,4+,5+,6+/m1/s1. The van der Waals surface area contributed by atoms with Crippen LogP contribution in [0.1, 0.15) is 0 Å². The molecule has 0 bridgehead atoms. The molecule has 0 spiro atoms. The third-order valence-electron chi connectivity index (χ3n) is 1.69. The first-order valence-corrected chi connectivity index (χ1v) is 3.42. The summed E-state index contributed by atoms with van der Waals surface area (Å²) in [5.74, 6) is -0.824. The molecule has 6 nitrogen and oxygen atoms in total. The summed E-state index contributed by atoms with van der Waals surface area (Å²) in [4.78, 5) is 10.9. The maximum Gasteiger partial charge on any atom is 0.195 e. The van der Waals surface area contributed by atoms with E-state index in [1.165, 1.54) is 0 Å². The molecule has 4 N–H and O–H groups in total. The molecule has 1 aliphatic rings. The number of ether oxygens (including phenoxy) is 1. The summed E-state index contributed by atoms with van der Waals surface area (Å²) in [7, 11) is 0. The number of hydrogen-bond donors (Lipinski definition) is 4. The van der Waals surface area contributed by atoms with Crippen LogP contribution in [0.15, 0.2) is 0 Å². The average Bonchev–Trinajstić information content (AvgIpc) is 2.08. The van der Waals surface area contributed by atoms with E-state index in [0.29, 0.717) is 0 Å². The lowest BCUT2D eigenvalue weighted by Crippen LogP contribution is -2.55. The van der Waals surface area contributed by atoms with Crippen molar-refractivity contribution in [3.63, 3.8) is 0 Å². The molecule has 0 amide bonds. The fourth-order valence-electron chi connectivity index (χ4n) is 0.964. The molecule has 1 aliphatic heterocycles. The topological polar surface area (TPSA) is 107 Å². The Morgan fingerprint density at radius 1 is 1.33 bits per heavy atom. The number of rotatable bonds is 1. The summed E-state index contributed by atoms with van der Waals surface area (Å²) in [6.45, 7) is -0.625. The minimum Gasteiger partial charge on any atom is -0.393 e. The molecule has 0 radical (unpaired) electrons. The van der Waals surface area contributed by atoms with Gasteiger partial charge < -0.3 is 25.2 Å². The van der Waals surface area contributed by atoms with Crippen LogP contribution in [0.4, 0.5) is 0 Å². The number of aliphatic hydroxyl groups is 4. The Labute approximate surface area is 68.0 Å². The minimum atomic E-state index is -1.69. The van der Waals surface area contributed by atoms with Crippen molar-refractivity contribution in [1.29, 1.82) is 0 Å². The molecule has 4 atom stereocenters. The molecule has 0 aromatic carbocycles. The van der Waals surface area contributed by atoms with Crippen LogP contribution in [0, 0.1) is 0 Å². The Morgan fingerprint density at radius 2 is 1.92 bits per heavy atom. The van der Waals surface area contributed by atoms with Crippen molar-refractivity contribution < 1.29 is 30.0 Å². The van der Waals surface area contributed by atoms with Crippen molar-refractivity contribution in [3.05, 3.63) is 0 Å². The average molecular weight is 178 g/mol. The van der Waals surface area contributed by atoms with E-state index in [-0.39, 0.29) is 0 Å². The molecule has 1 heterocycles. The van der Waals surface area contributed by atoms with E-state index in [9.17, 15) is 4.79 Å². The second kappa shape index (κ2) is 3.46. The molecule has 1 fully saturated rings. The maximum absolute atomic E-state index is 10.9. The van der Waals surface area contributed by atoms with E-state index < -0.39 is 37.0 Å². The molecule has 0 saturated carbocycles. The van der Waals surface area contributed by atoms with Crippen molar-refractivity contribution in [2.24, 2.45) is 0 Å². The van der Waals surface area contributed by atoms with Gasteiger partial charge in [0.05, 0.1) is 6.61 Å². The summed E-state index contributed by atoms with van der Waals surface area (Å²) in [6, 6.07) is 0. The van der Waals surface area contributed by atoms with Gasteiger partial charge in [0.1, 0.15) is 18.3 Å². The van der Waals surface area contributed by atoms with Gasteiger partial charge in [0.15, 0.2) is 12.1 Å². The molecule has 12 heavy (non-hydrogen) atoms. The Kier molecular flexibility index (Phi) is 2.76. The summed E-state index contributed by atoms with van der Waals surface area (Å²) in [5, 5.41) is 35.3. The smallest absolute Gasteiger partial charge is 0.195 e. The largest absolute Gasteiger partial charge is 0.393 e. The lowest BCUT2D eigenvalue weighted by Gasteiger charge is -2.31. The van der Waals surface area contributed by atoms with Crippen molar-refractivity contribution in [1.82, 2.24) is 0 Å². The molecule has 1 rings (SSSR count). The Hall–Kier alpha value is -0.530. The van der Waals surface area contributed by atoms with Gasteiger partial charge in [0.2, 0.25) is 0 Å². The van der Waals surface area contributed by atoms with Gasteiger partial charge in [-0.05, 0) is 0 Å². The predicted octanol–water partition coefficient (Wildman–Crippen LogP) is -3.01. The van der Waals surface area contributed by atoms with Crippen LogP contribution in [-0.2, 0) is 9.53 Å². The minimum absolute atomic E-state index is 0.625. The van der Waals surface area contributed by atoms with E-state index in [1.807, 2.05) is 0 Å². The number of carbonyl (C=O) groups is 1. The fourth-order valence-corrected chi connectivity index (χ4v) is 0.964. The summed E-state index contributed by atoms with van der Waals surface area (Å²) < 4.78 is 4.48. The normalized spacial score (nSPS) is 43.2. The van der Waals surface area contributed by atoms with Crippen LogP contribution in [0.3, 0.4) is 0 Å². The van der Waals surface area contributed by atoms with Gasteiger partial charge in [-0.3, -0.25) is 4.79 Å². The van der Waals surface area contributed by atoms with Crippen molar-refractivity contribution in [3.8, 4) is 0 Å². The fraction of sp³-hybridized carbons (Fsp3) is 0.833. The highest BCUT2D eigenvalue weighted by Gasteiger charge is 2.42. The van der Waals surface area contributed by atoms with Gasteiger partial charge in [-0.1, -0.05) is 0 Å². The predicted molar refractivity (Wildman–Crippen MR) is 35.0 cm³/mol. The monoisotopic (exact) mass is 178 g/mol. The highest BCUT2D eigenvalue weighted by atomic mass is 16.6. The highest BCUT2D eigenvalue weighted by molar-refractivity contribution is 5.88. The zero-order valence-electron chi connectivity index (χ0n) is 6.12. The second-order valence-electron chi connectivity index (χ2n) is 2.54. The van der Waals surface area contributed by atoms with Crippen molar-refractivity contribution in [2.75, 3.05) is 6.61 Å². The molecule has 0 unspecified atom stereocenters. The Morgan fingerprint density at radius 3 is 2.42 bits per heavy atom. The van der Waals surface area contributed by atoms with Gasteiger partial charge >= 0.3 is 0 Å². The van der Waals surface area contributed by atoms with Gasteiger partial charge in [0, 0.05) is 0 Å². The van der Waals surface area contributed by atoms with Crippen LogP contribution < -0.4 is 0 Å². The first kappa shape index (κ1) is 9.56. The third-order valence-corrected chi connectivity index (χ3v) is 1.69. The number of ketones is 1. The highest BCUT2D eigenvalue weighted by Crippen LogP contribution is 2.15. The molecular formula is C6H10O6.